The van der Waals surface area contributed by atoms with Gasteiger partial charge in [0.2, 0.25) is 11.7 Å². The highest BCUT2D eigenvalue weighted by molar-refractivity contribution is 5.44. The van der Waals surface area contributed by atoms with E-state index >= 15 is 0 Å². The van der Waals surface area contributed by atoms with E-state index in [0.29, 0.717) is 17.4 Å². The molecule has 0 spiro atoms. The number of aromatic nitrogens is 5. The summed E-state index contributed by atoms with van der Waals surface area (Å²) in [6.07, 6.45) is 0.970. The lowest BCUT2D eigenvalue weighted by Crippen LogP contribution is -2.11. The van der Waals surface area contributed by atoms with Crippen LogP contribution in [0.2, 0.25) is 0 Å². The van der Waals surface area contributed by atoms with Crippen molar-refractivity contribution in [2.75, 3.05) is 0 Å². The summed E-state index contributed by atoms with van der Waals surface area (Å²) < 4.78 is 5.01. The Hall–Kier alpha value is -1.76. The molecule has 7 heteroatoms. The van der Waals surface area contributed by atoms with Crippen molar-refractivity contribution in [1.29, 1.82) is 0 Å². The highest BCUT2D eigenvalue weighted by Crippen LogP contribution is 2.19. The normalized spacial score (nSPS) is 15.1. The van der Waals surface area contributed by atoms with Crippen LogP contribution in [0.15, 0.2) is 10.7 Å². The summed E-state index contributed by atoms with van der Waals surface area (Å²) in [4.78, 5) is 4.11. The minimum absolute atomic E-state index is 0.196. The monoisotopic (exact) mass is 209 g/mol. The molecule has 80 valence electrons. The molecule has 0 fully saturated rings. The Morgan fingerprint density at radius 3 is 2.87 bits per heavy atom. The van der Waals surface area contributed by atoms with Gasteiger partial charge in [-0.2, -0.15) is 20.4 Å². The van der Waals surface area contributed by atoms with Crippen molar-refractivity contribution in [2.24, 2.45) is 0 Å². The first-order valence-corrected chi connectivity index (χ1v) is 4.56. The van der Waals surface area contributed by atoms with Crippen LogP contribution < -0.4 is 0 Å². The van der Waals surface area contributed by atoms with Gasteiger partial charge in [-0.3, -0.25) is 0 Å². The van der Waals surface area contributed by atoms with E-state index in [9.17, 15) is 5.11 Å². The zero-order chi connectivity index (χ0) is 10.8. The molecule has 0 aliphatic heterocycles. The van der Waals surface area contributed by atoms with Gasteiger partial charge < -0.3 is 9.63 Å². The number of nitrogens with zero attached hydrogens (tertiary/aromatic N) is 4. The lowest BCUT2D eigenvalue weighted by molar-refractivity contribution is 0.151. The van der Waals surface area contributed by atoms with Crippen molar-refractivity contribution in [3.63, 3.8) is 0 Å². The van der Waals surface area contributed by atoms with Crippen LogP contribution in [0.4, 0.5) is 0 Å². The van der Waals surface area contributed by atoms with E-state index in [2.05, 4.69) is 25.6 Å². The number of aliphatic hydroxyl groups is 1. The standard InChI is InChI=1S/C8H11N5O2/c1-4(5(2)14)8-10-7(12-15-8)6-3-9-13-11-6/h3-5,14H,1-2H3,(H,9,11,13). The van der Waals surface area contributed by atoms with Gasteiger partial charge in [-0.1, -0.05) is 12.1 Å². The first-order chi connectivity index (χ1) is 7.18. The molecule has 0 saturated carbocycles. The summed E-state index contributed by atoms with van der Waals surface area (Å²) in [5.41, 5.74) is 0.516. The second-order valence-corrected chi connectivity index (χ2v) is 3.34. The summed E-state index contributed by atoms with van der Waals surface area (Å²) in [7, 11) is 0. The van der Waals surface area contributed by atoms with Gasteiger partial charge in [-0.15, -0.1) is 0 Å². The summed E-state index contributed by atoms with van der Waals surface area (Å²) in [6, 6.07) is 0. The predicted octanol–water partition coefficient (Wildman–Crippen LogP) is 0.339. The molecule has 0 amide bonds. The van der Waals surface area contributed by atoms with Crippen LogP contribution in [0.25, 0.3) is 11.5 Å². The lowest BCUT2D eigenvalue weighted by atomic mass is 10.1. The van der Waals surface area contributed by atoms with E-state index in [1.807, 2.05) is 6.92 Å². The molecule has 0 aliphatic rings. The van der Waals surface area contributed by atoms with Crippen molar-refractivity contribution in [2.45, 2.75) is 25.9 Å². The molecule has 2 aromatic rings. The largest absolute Gasteiger partial charge is 0.393 e. The molecule has 7 nitrogen and oxygen atoms in total. The molecular weight excluding hydrogens is 198 g/mol. The Kier molecular flexibility index (Phi) is 2.46. The Morgan fingerprint density at radius 1 is 1.47 bits per heavy atom. The predicted molar refractivity (Wildman–Crippen MR) is 49.8 cm³/mol. The molecule has 2 heterocycles. The Morgan fingerprint density at radius 2 is 2.27 bits per heavy atom. The molecule has 0 aromatic carbocycles. The molecule has 0 radical (unpaired) electrons. The zero-order valence-electron chi connectivity index (χ0n) is 8.38. The molecule has 0 aliphatic carbocycles. The van der Waals surface area contributed by atoms with Crippen LogP contribution in [0.3, 0.4) is 0 Å². The number of aromatic amines is 1. The van der Waals surface area contributed by atoms with E-state index in [1.54, 1.807) is 6.92 Å². The first kappa shape index (κ1) is 9.78. The number of nitrogens with one attached hydrogen (secondary N) is 1. The van der Waals surface area contributed by atoms with Crippen molar-refractivity contribution in [1.82, 2.24) is 25.6 Å². The maximum absolute atomic E-state index is 9.35. The third kappa shape index (κ3) is 1.86. The third-order valence-corrected chi connectivity index (χ3v) is 2.20. The topological polar surface area (TPSA) is 101 Å². The van der Waals surface area contributed by atoms with Gasteiger partial charge in [0.15, 0.2) is 5.69 Å². The molecule has 0 saturated heterocycles. The van der Waals surface area contributed by atoms with E-state index in [-0.39, 0.29) is 5.92 Å². The van der Waals surface area contributed by atoms with Crippen molar-refractivity contribution in [3.05, 3.63) is 12.1 Å². The number of rotatable bonds is 3. The van der Waals surface area contributed by atoms with Crippen molar-refractivity contribution >= 4 is 0 Å². The van der Waals surface area contributed by atoms with Gasteiger partial charge in [0.1, 0.15) is 0 Å². The second kappa shape index (κ2) is 3.77. The quantitative estimate of drug-likeness (QED) is 0.755. The van der Waals surface area contributed by atoms with E-state index in [4.69, 9.17) is 4.52 Å². The molecule has 2 unspecified atom stereocenters. The Bertz CT molecular complexity index is 422. The minimum Gasteiger partial charge on any atom is -0.393 e. The molecule has 15 heavy (non-hydrogen) atoms. The molecule has 2 N–H and O–H groups in total. The molecule has 2 aromatic heterocycles. The second-order valence-electron chi connectivity index (χ2n) is 3.34. The van der Waals surface area contributed by atoms with Gasteiger partial charge in [0.05, 0.1) is 18.2 Å². The average Bonchev–Trinajstić information content (AvgIpc) is 2.86. The van der Waals surface area contributed by atoms with Gasteiger partial charge >= 0.3 is 0 Å². The number of hydrogen-bond acceptors (Lipinski definition) is 6. The first-order valence-electron chi connectivity index (χ1n) is 4.56. The molecular formula is C8H11N5O2. The Labute approximate surface area is 85.5 Å². The van der Waals surface area contributed by atoms with Crippen LogP contribution in [0, 0.1) is 0 Å². The zero-order valence-corrected chi connectivity index (χ0v) is 8.38. The summed E-state index contributed by atoms with van der Waals surface area (Å²) >= 11 is 0. The highest BCUT2D eigenvalue weighted by Gasteiger charge is 2.20. The van der Waals surface area contributed by atoms with Gasteiger partial charge in [-0.25, -0.2) is 0 Å². The fraction of sp³-hybridized carbons (Fsp3) is 0.500. The average molecular weight is 209 g/mol. The third-order valence-electron chi connectivity index (χ3n) is 2.20. The van der Waals surface area contributed by atoms with E-state index in [0.717, 1.165) is 0 Å². The van der Waals surface area contributed by atoms with Gasteiger partial charge in [0.25, 0.3) is 0 Å². The summed E-state index contributed by atoms with van der Waals surface area (Å²) in [5.74, 6) is 0.562. The molecule has 2 rings (SSSR count). The van der Waals surface area contributed by atoms with Gasteiger partial charge in [0, 0.05) is 0 Å². The van der Waals surface area contributed by atoms with Crippen molar-refractivity contribution in [3.8, 4) is 11.5 Å². The smallest absolute Gasteiger partial charge is 0.232 e. The highest BCUT2D eigenvalue weighted by atomic mass is 16.5. The molecule has 0 bridgehead atoms. The van der Waals surface area contributed by atoms with Crippen LogP contribution in [-0.2, 0) is 0 Å². The fourth-order valence-corrected chi connectivity index (χ4v) is 1.04. The van der Waals surface area contributed by atoms with Crippen molar-refractivity contribution < 1.29 is 9.63 Å². The van der Waals surface area contributed by atoms with Crippen LogP contribution in [0.1, 0.15) is 25.7 Å². The van der Waals surface area contributed by atoms with Crippen LogP contribution >= 0.6 is 0 Å². The van der Waals surface area contributed by atoms with Crippen LogP contribution in [-0.4, -0.2) is 36.8 Å². The maximum atomic E-state index is 9.35. The summed E-state index contributed by atoms with van der Waals surface area (Å²) in [5, 5.41) is 23.0. The Balaban J connectivity index is 2.25. The van der Waals surface area contributed by atoms with E-state index in [1.165, 1.54) is 6.20 Å². The molecule has 2 atom stereocenters. The SMILES string of the molecule is CC(O)C(C)c1nc(-c2cn[nH]n2)no1. The van der Waals surface area contributed by atoms with E-state index < -0.39 is 6.10 Å². The lowest BCUT2D eigenvalue weighted by Gasteiger charge is -2.07. The maximum Gasteiger partial charge on any atom is 0.232 e. The van der Waals surface area contributed by atoms with Crippen LogP contribution in [0.5, 0.6) is 0 Å². The summed E-state index contributed by atoms with van der Waals surface area (Å²) in [6.45, 7) is 3.48. The number of H-pyrrole nitrogens is 1. The number of hydrogen-bond donors (Lipinski definition) is 2. The fourth-order valence-electron chi connectivity index (χ4n) is 1.04. The number of aliphatic hydroxyl groups excluding tert-OH is 1. The van der Waals surface area contributed by atoms with Gasteiger partial charge in [-0.05, 0) is 6.92 Å². The minimum atomic E-state index is -0.532.